The van der Waals surface area contributed by atoms with Crippen molar-refractivity contribution >= 4 is 27.7 Å². The first-order valence-corrected chi connectivity index (χ1v) is 10.5. The van der Waals surface area contributed by atoms with Crippen molar-refractivity contribution in [2.24, 2.45) is 17.8 Å². The van der Waals surface area contributed by atoms with Gasteiger partial charge in [0.2, 0.25) is 0 Å². The number of aromatic nitrogens is 1. The van der Waals surface area contributed by atoms with Gasteiger partial charge < -0.3 is 14.7 Å². The number of pyridine rings is 1. The Kier molecular flexibility index (Phi) is 6.92. The number of methoxy groups -OCH3 is 1. The van der Waals surface area contributed by atoms with E-state index in [4.69, 9.17) is 4.74 Å². The molecule has 1 aromatic heterocycles. The number of hydrogen-bond donors (Lipinski definition) is 1. The van der Waals surface area contributed by atoms with E-state index in [-0.39, 0.29) is 18.5 Å². The Balaban J connectivity index is 1.71. The average Bonchev–Trinajstić information content (AvgIpc) is 2.68. The summed E-state index contributed by atoms with van der Waals surface area (Å²) >= 11 is 3.38. The Morgan fingerprint density at radius 1 is 1.31 bits per heavy atom. The molecule has 1 N–H and O–H groups in total. The fourth-order valence-electron chi connectivity index (χ4n) is 4.59. The van der Waals surface area contributed by atoms with E-state index in [1.807, 2.05) is 0 Å². The molecule has 2 unspecified atom stereocenters. The van der Waals surface area contributed by atoms with E-state index < -0.39 is 0 Å². The Morgan fingerprint density at radius 3 is 2.77 bits per heavy atom. The lowest BCUT2D eigenvalue weighted by Gasteiger charge is -2.40. The Labute approximate surface area is 164 Å². The molecule has 1 aliphatic heterocycles. The molecule has 0 amide bonds. The van der Waals surface area contributed by atoms with Crippen molar-refractivity contribution in [1.82, 2.24) is 4.98 Å². The third kappa shape index (κ3) is 4.58. The van der Waals surface area contributed by atoms with Crippen LogP contribution >= 0.6 is 15.9 Å². The van der Waals surface area contributed by atoms with Gasteiger partial charge in [0, 0.05) is 36.3 Å². The number of esters is 1. The van der Waals surface area contributed by atoms with Gasteiger partial charge in [0.1, 0.15) is 11.4 Å². The maximum atomic E-state index is 12.1. The molecule has 1 aliphatic carbocycles. The first kappa shape index (κ1) is 19.6. The van der Waals surface area contributed by atoms with Crippen LogP contribution in [0.3, 0.4) is 0 Å². The molecule has 144 valence electrons. The van der Waals surface area contributed by atoms with Gasteiger partial charge in [0.05, 0.1) is 7.11 Å². The lowest BCUT2D eigenvalue weighted by Crippen LogP contribution is -2.43. The van der Waals surface area contributed by atoms with Gasteiger partial charge in [0.15, 0.2) is 0 Å². The number of rotatable bonds is 5. The van der Waals surface area contributed by atoms with Crippen molar-refractivity contribution in [3.8, 4) is 0 Å². The smallest absolute Gasteiger partial charge is 0.341 e. The van der Waals surface area contributed by atoms with Crippen molar-refractivity contribution < 1.29 is 14.6 Å². The van der Waals surface area contributed by atoms with E-state index in [1.165, 1.54) is 45.6 Å². The molecule has 2 atom stereocenters. The number of aliphatic hydroxyl groups excluding tert-OH is 1. The molecule has 0 bridgehead atoms. The fraction of sp³-hybridized carbons (Fsp3) is 0.700. The van der Waals surface area contributed by atoms with Crippen molar-refractivity contribution in [2.45, 2.75) is 44.9 Å². The minimum atomic E-state index is -0.376. The molecule has 2 aliphatic rings. The number of anilines is 1. The molecule has 1 saturated heterocycles. The summed E-state index contributed by atoms with van der Waals surface area (Å²) in [7, 11) is 1.39. The summed E-state index contributed by atoms with van der Waals surface area (Å²) in [6.07, 6.45) is 10.8. The molecule has 1 saturated carbocycles. The summed E-state index contributed by atoms with van der Waals surface area (Å²) < 4.78 is 5.68. The van der Waals surface area contributed by atoms with Crippen LogP contribution in [-0.2, 0) is 4.74 Å². The normalized spacial score (nSPS) is 24.5. The topological polar surface area (TPSA) is 62.7 Å². The number of halogens is 1. The second-order valence-corrected chi connectivity index (χ2v) is 8.61. The minimum absolute atomic E-state index is 0.192. The van der Waals surface area contributed by atoms with E-state index in [1.54, 1.807) is 12.3 Å². The van der Waals surface area contributed by atoms with Crippen molar-refractivity contribution in [1.29, 1.82) is 0 Å². The SMILES string of the molecule is COC(=O)c1cc(Br)cnc1N1CCC(CC2CCCCC2)C(CO)C1. The number of ether oxygens (including phenoxy) is 1. The summed E-state index contributed by atoms with van der Waals surface area (Å²) in [5.74, 6) is 1.91. The molecule has 0 spiro atoms. The van der Waals surface area contributed by atoms with Gasteiger partial charge in [-0.25, -0.2) is 9.78 Å². The number of carbonyl (C=O) groups excluding carboxylic acids is 1. The highest BCUT2D eigenvalue weighted by molar-refractivity contribution is 9.10. The molecule has 2 heterocycles. The summed E-state index contributed by atoms with van der Waals surface area (Å²) in [5.41, 5.74) is 0.476. The standard InChI is InChI=1S/C20H29BrN2O3/c1-26-20(25)18-10-17(21)11-22-19(18)23-8-7-15(16(12-23)13-24)9-14-5-3-2-4-6-14/h10-11,14-16,24H,2-9,12-13H2,1H3. The third-order valence-electron chi connectivity index (χ3n) is 6.02. The lowest BCUT2D eigenvalue weighted by atomic mass is 9.75. The van der Waals surface area contributed by atoms with Gasteiger partial charge in [-0.2, -0.15) is 0 Å². The van der Waals surface area contributed by atoms with E-state index in [2.05, 4.69) is 25.8 Å². The highest BCUT2D eigenvalue weighted by Gasteiger charge is 2.33. The van der Waals surface area contributed by atoms with Crippen molar-refractivity contribution in [2.75, 3.05) is 31.7 Å². The highest BCUT2D eigenvalue weighted by atomic mass is 79.9. The van der Waals surface area contributed by atoms with Crippen LogP contribution in [0.15, 0.2) is 16.7 Å². The monoisotopic (exact) mass is 424 g/mol. The minimum Gasteiger partial charge on any atom is -0.465 e. The Morgan fingerprint density at radius 2 is 2.08 bits per heavy atom. The fourth-order valence-corrected chi connectivity index (χ4v) is 4.92. The molecular formula is C20H29BrN2O3. The van der Waals surface area contributed by atoms with Gasteiger partial charge in [-0.05, 0) is 46.7 Å². The van der Waals surface area contributed by atoms with Crippen molar-refractivity contribution in [3.63, 3.8) is 0 Å². The summed E-state index contributed by atoms with van der Waals surface area (Å²) in [6.45, 7) is 1.80. The van der Waals surface area contributed by atoms with E-state index in [9.17, 15) is 9.90 Å². The zero-order chi connectivity index (χ0) is 18.5. The number of aliphatic hydroxyl groups is 1. The van der Waals surface area contributed by atoms with E-state index in [0.717, 1.165) is 29.9 Å². The van der Waals surface area contributed by atoms with Gasteiger partial charge in [0.25, 0.3) is 0 Å². The Hall–Kier alpha value is -1.14. The number of nitrogens with zero attached hydrogens (tertiary/aromatic N) is 2. The predicted octanol–water partition coefficient (Wildman–Crippen LogP) is 4.04. The maximum Gasteiger partial charge on any atom is 0.341 e. The van der Waals surface area contributed by atoms with E-state index >= 15 is 0 Å². The summed E-state index contributed by atoms with van der Waals surface area (Å²) in [6, 6.07) is 1.76. The number of hydrogen-bond acceptors (Lipinski definition) is 5. The van der Waals surface area contributed by atoms with Crippen LogP contribution in [-0.4, -0.2) is 42.9 Å². The van der Waals surface area contributed by atoms with Gasteiger partial charge in [-0.3, -0.25) is 0 Å². The van der Waals surface area contributed by atoms with Crippen LogP contribution in [0, 0.1) is 17.8 Å². The average molecular weight is 425 g/mol. The molecule has 2 fully saturated rings. The zero-order valence-corrected chi connectivity index (χ0v) is 17.1. The van der Waals surface area contributed by atoms with Crippen LogP contribution in [0.1, 0.15) is 55.3 Å². The number of piperidine rings is 1. The van der Waals surface area contributed by atoms with Gasteiger partial charge in [-0.15, -0.1) is 0 Å². The molecule has 0 aromatic carbocycles. The quantitative estimate of drug-likeness (QED) is 0.722. The lowest BCUT2D eigenvalue weighted by molar-refractivity contribution is 0.0600. The molecule has 1 aromatic rings. The molecule has 3 rings (SSSR count). The summed E-state index contributed by atoms with van der Waals surface area (Å²) in [4.78, 5) is 18.8. The third-order valence-corrected chi connectivity index (χ3v) is 6.46. The number of carbonyl (C=O) groups is 1. The maximum absolute atomic E-state index is 12.1. The summed E-state index contributed by atoms with van der Waals surface area (Å²) in [5, 5.41) is 9.98. The first-order valence-electron chi connectivity index (χ1n) is 9.72. The van der Waals surface area contributed by atoms with Crippen molar-refractivity contribution in [3.05, 3.63) is 22.3 Å². The zero-order valence-electron chi connectivity index (χ0n) is 15.5. The van der Waals surface area contributed by atoms with Gasteiger partial charge >= 0.3 is 5.97 Å². The van der Waals surface area contributed by atoms with E-state index in [0.29, 0.717) is 17.3 Å². The Bertz CT molecular complexity index is 619. The molecule has 5 nitrogen and oxygen atoms in total. The molecule has 6 heteroatoms. The van der Waals surface area contributed by atoms with Crippen LogP contribution < -0.4 is 4.90 Å². The van der Waals surface area contributed by atoms with Crippen LogP contribution in [0.25, 0.3) is 0 Å². The first-order chi connectivity index (χ1) is 12.6. The highest BCUT2D eigenvalue weighted by Crippen LogP contribution is 2.37. The molecule has 26 heavy (non-hydrogen) atoms. The molecule has 0 radical (unpaired) electrons. The second kappa shape index (κ2) is 9.18. The largest absolute Gasteiger partial charge is 0.465 e. The van der Waals surface area contributed by atoms with Crippen LogP contribution in [0.5, 0.6) is 0 Å². The van der Waals surface area contributed by atoms with Crippen LogP contribution in [0.4, 0.5) is 5.82 Å². The molecular weight excluding hydrogens is 396 g/mol. The van der Waals surface area contributed by atoms with Crippen LogP contribution in [0.2, 0.25) is 0 Å². The van der Waals surface area contributed by atoms with Gasteiger partial charge in [-0.1, -0.05) is 32.1 Å². The predicted molar refractivity (Wildman–Crippen MR) is 105 cm³/mol. The second-order valence-electron chi connectivity index (χ2n) is 7.69.